The molecule has 1 aromatic heterocycles. The van der Waals surface area contributed by atoms with E-state index in [0.717, 1.165) is 11.3 Å². The molecule has 0 aliphatic carbocycles. The van der Waals surface area contributed by atoms with Crippen LogP contribution in [0.2, 0.25) is 0 Å². The molecule has 0 saturated heterocycles. The monoisotopic (exact) mass is 551 g/mol. The SMILES string of the molecule is CN=C(NCc1cccc(S(=O)(=O)NCCOC)c1)NCc1cc(C(C)C)no1.I. The third kappa shape index (κ3) is 8.20. The topological polar surface area (TPSA) is 118 Å². The zero-order chi connectivity index (χ0) is 21.3. The van der Waals surface area contributed by atoms with E-state index in [1.54, 1.807) is 25.2 Å². The average molecular weight is 551 g/mol. The first-order valence-electron chi connectivity index (χ1n) is 9.33. The van der Waals surface area contributed by atoms with Gasteiger partial charge in [-0.2, -0.15) is 0 Å². The standard InChI is InChI=1S/C19H29N5O4S.HI/c1-14(2)18-11-16(28-24-18)13-22-19(20-3)21-12-15-6-5-7-17(10-15)29(25,26)23-8-9-27-4;/h5-7,10-11,14,23H,8-9,12-13H2,1-4H3,(H2,20,21,22);1H. The molecule has 1 heterocycles. The van der Waals surface area contributed by atoms with Gasteiger partial charge in [0.2, 0.25) is 10.0 Å². The Bertz CT molecular complexity index is 915. The Kier molecular flexibility index (Phi) is 11.3. The number of halogens is 1. The highest BCUT2D eigenvalue weighted by Gasteiger charge is 2.14. The summed E-state index contributed by atoms with van der Waals surface area (Å²) in [6.45, 7) is 5.49. The first-order valence-corrected chi connectivity index (χ1v) is 10.8. The number of hydrogen-bond acceptors (Lipinski definition) is 6. The summed E-state index contributed by atoms with van der Waals surface area (Å²) in [5.74, 6) is 1.59. The van der Waals surface area contributed by atoms with Gasteiger partial charge in [0.1, 0.15) is 0 Å². The van der Waals surface area contributed by atoms with Gasteiger partial charge in [-0.1, -0.05) is 31.1 Å². The minimum atomic E-state index is -3.57. The third-order valence-corrected chi connectivity index (χ3v) is 5.55. The van der Waals surface area contributed by atoms with Crippen LogP contribution < -0.4 is 15.4 Å². The molecule has 0 saturated carbocycles. The Morgan fingerprint density at radius 1 is 1.23 bits per heavy atom. The van der Waals surface area contributed by atoms with Crippen LogP contribution in [0.15, 0.2) is 44.7 Å². The van der Waals surface area contributed by atoms with Crippen LogP contribution in [-0.4, -0.2) is 46.8 Å². The van der Waals surface area contributed by atoms with Crippen molar-refractivity contribution >= 4 is 40.0 Å². The Hall–Kier alpha value is -1.70. The summed E-state index contributed by atoms with van der Waals surface area (Å²) in [4.78, 5) is 4.38. The highest BCUT2D eigenvalue weighted by Crippen LogP contribution is 2.14. The molecule has 11 heteroatoms. The number of aliphatic imine (C=N–C) groups is 1. The van der Waals surface area contributed by atoms with Crippen molar-refractivity contribution in [1.29, 1.82) is 0 Å². The molecule has 1 aromatic carbocycles. The maximum atomic E-state index is 12.3. The number of benzene rings is 1. The molecule has 9 nitrogen and oxygen atoms in total. The van der Waals surface area contributed by atoms with E-state index in [0.29, 0.717) is 37.3 Å². The van der Waals surface area contributed by atoms with Crippen molar-refractivity contribution in [1.82, 2.24) is 20.5 Å². The second-order valence-corrected chi connectivity index (χ2v) is 8.46. The number of nitrogens with zero attached hydrogens (tertiary/aromatic N) is 2. The van der Waals surface area contributed by atoms with Crippen molar-refractivity contribution in [3.8, 4) is 0 Å². The lowest BCUT2D eigenvalue weighted by atomic mass is 10.1. The van der Waals surface area contributed by atoms with E-state index in [2.05, 4.69) is 39.4 Å². The number of ether oxygens (including phenoxy) is 1. The van der Waals surface area contributed by atoms with Crippen LogP contribution >= 0.6 is 24.0 Å². The summed E-state index contributed by atoms with van der Waals surface area (Å²) >= 11 is 0. The molecule has 0 aliphatic rings. The second-order valence-electron chi connectivity index (χ2n) is 6.69. The fourth-order valence-corrected chi connectivity index (χ4v) is 3.53. The first kappa shape index (κ1) is 26.3. The molecule has 0 radical (unpaired) electrons. The van der Waals surface area contributed by atoms with Gasteiger partial charge in [0, 0.05) is 33.3 Å². The molecule has 0 bridgehead atoms. The maximum Gasteiger partial charge on any atom is 0.240 e. The Morgan fingerprint density at radius 3 is 2.60 bits per heavy atom. The van der Waals surface area contributed by atoms with Crippen molar-refractivity contribution < 1.29 is 17.7 Å². The molecule has 3 N–H and O–H groups in total. The van der Waals surface area contributed by atoms with Crippen molar-refractivity contribution in [3.63, 3.8) is 0 Å². The lowest BCUT2D eigenvalue weighted by molar-refractivity contribution is 0.204. The molecular formula is C19H30IN5O4S. The Labute approximate surface area is 195 Å². The summed E-state index contributed by atoms with van der Waals surface area (Å²) in [6, 6.07) is 8.65. The van der Waals surface area contributed by atoms with Gasteiger partial charge in [-0.05, 0) is 23.6 Å². The normalized spacial score (nSPS) is 12.0. The van der Waals surface area contributed by atoms with Gasteiger partial charge in [-0.15, -0.1) is 24.0 Å². The largest absolute Gasteiger partial charge is 0.383 e. The Morgan fingerprint density at radius 2 is 1.97 bits per heavy atom. The van der Waals surface area contributed by atoms with E-state index in [-0.39, 0.29) is 35.4 Å². The molecule has 0 fully saturated rings. The number of hydrogen-bond donors (Lipinski definition) is 3. The minimum Gasteiger partial charge on any atom is -0.383 e. The fourth-order valence-electron chi connectivity index (χ4n) is 2.45. The average Bonchev–Trinajstić information content (AvgIpc) is 3.18. The molecular weight excluding hydrogens is 521 g/mol. The molecule has 0 aliphatic heterocycles. The number of rotatable bonds is 10. The van der Waals surface area contributed by atoms with Gasteiger partial charge in [-0.25, -0.2) is 13.1 Å². The zero-order valence-corrected chi connectivity index (χ0v) is 20.8. The van der Waals surface area contributed by atoms with Crippen molar-refractivity contribution in [2.75, 3.05) is 27.3 Å². The van der Waals surface area contributed by atoms with Crippen LogP contribution in [0.5, 0.6) is 0 Å². The highest BCUT2D eigenvalue weighted by molar-refractivity contribution is 14.0. The van der Waals surface area contributed by atoms with Crippen LogP contribution in [0.3, 0.4) is 0 Å². The fraction of sp³-hybridized carbons (Fsp3) is 0.474. The highest BCUT2D eigenvalue weighted by atomic mass is 127. The number of aromatic nitrogens is 1. The van der Waals surface area contributed by atoms with Gasteiger partial charge in [0.05, 0.1) is 23.7 Å². The Balaban J connectivity index is 0.00000450. The van der Waals surface area contributed by atoms with Crippen LogP contribution in [0.25, 0.3) is 0 Å². The summed E-state index contributed by atoms with van der Waals surface area (Å²) in [6.07, 6.45) is 0. The van der Waals surface area contributed by atoms with Crippen LogP contribution in [-0.2, 0) is 27.8 Å². The van der Waals surface area contributed by atoms with Crippen molar-refractivity contribution in [2.45, 2.75) is 37.8 Å². The molecule has 30 heavy (non-hydrogen) atoms. The van der Waals surface area contributed by atoms with Gasteiger partial charge < -0.3 is 19.9 Å². The zero-order valence-electron chi connectivity index (χ0n) is 17.6. The first-order chi connectivity index (χ1) is 13.9. The van der Waals surface area contributed by atoms with Gasteiger partial charge in [-0.3, -0.25) is 4.99 Å². The van der Waals surface area contributed by atoms with Crippen molar-refractivity contribution in [3.05, 3.63) is 47.3 Å². The third-order valence-electron chi connectivity index (χ3n) is 4.09. The molecule has 0 spiro atoms. The second kappa shape index (κ2) is 12.9. The van der Waals surface area contributed by atoms with Crippen molar-refractivity contribution in [2.24, 2.45) is 4.99 Å². The lowest BCUT2D eigenvalue weighted by Gasteiger charge is -2.12. The number of guanidine groups is 1. The quantitative estimate of drug-likeness (QED) is 0.179. The number of sulfonamides is 1. The van der Waals surface area contributed by atoms with E-state index >= 15 is 0 Å². The van der Waals surface area contributed by atoms with E-state index in [9.17, 15) is 8.42 Å². The van der Waals surface area contributed by atoms with E-state index in [1.165, 1.54) is 7.11 Å². The molecule has 2 rings (SSSR count). The molecule has 2 aromatic rings. The van der Waals surface area contributed by atoms with Gasteiger partial charge in [0.25, 0.3) is 0 Å². The van der Waals surface area contributed by atoms with E-state index in [4.69, 9.17) is 9.26 Å². The maximum absolute atomic E-state index is 12.3. The number of methoxy groups -OCH3 is 1. The lowest BCUT2D eigenvalue weighted by Crippen LogP contribution is -2.36. The summed E-state index contributed by atoms with van der Waals surface area (Å²) in [7, 11) is -0.390. The smallest absolute Gasteiger partial charge is 0.240 e. The van der Waals surface area contributed by atoms with Crippen LogP contribution in [0.4, 0.5) is 0 Å². The molecule has 0 unspecified atom stereocenters. The molecule has 168 valence electrons. The van der Waals surface area contributed by atoms with E-state index < -0.39 is 10.0 Å². The summed E-state index contributed by atoms with van der Waals surface area (Å²) in [5, 5.41) is 10.3. The van der Waals surface area contributed by atoms with Gasteiger partial charge in [0.15, 0.2) is 11.7 Å². The van der Waals surface area contributed by atoms with Crippen LogP contribution in [0, 0.1) is 0 Å². The molecule has 0 atom stereocenters. The summed E-state index contributed by atoms with van der Waals surface area (Å²) < 4.78 is 37.3. The predicted molar refractivity (Wildman–Crippen MR) is 127 cm³/mol. The summed E-state index contributed by atoms with van der Waals surface area (Å²) in [5.41, 5.74) is 1.71. The predicted octanol–water partition coefficient (Wildman–Crippen LogP) is 2.21. The molecule has 0 amide bonds. The van der Waals surface area contributed by atoms with E-state index in [1.807, 2.05) is 12.1 Å². The van der Waals surface area contributed by atoms with Crippen LogP contribution in [0.1, 0.15) is 36.8 Å². The number of nitrogens with one attached hydrogen (secondary N) is 3. The minimum absolute atomic E-state index is 0. The van der Waals surface area contributed by atoms with Gasteiger partial charge >= 0.3 is 0 Å².